The van der Waals surface area contributed by atoms with E-state index in [9.17, 15) is 4.79 Å². The van der Waals surface area contributed by atoms with Crippen LogP contribution in [0.15, 0.2) is 0 Å². The Morgan fingerprint density at radius 3 is 1.56 bits per heavy atom. The minimum atomic E-state index is -1.50. The molecule has 0 saturated heterocycles. The maximum Gasteiger partial charge on any atom is 0.291 e. The van der Waals surface area contributed by atoms with Gasteiger partial charge in [-0.3, -0.25) is 0 Å². The largest absolute Gasteiger partial charge is 0.328 e. The van der Waals surface area contributed by atoms with Crippen LogP contribution in [-0.2, 0) is 21.3 Å². The van der Waals surface area contributed by atoms with Crippen LogP contribution in [0.3, 0.4) is 0 Å². The molecule has 0 amide bonds. The molecule has 0 spiro atoms. The number of Topliss-reactive ketones (excluding diaryl/α,β-unsaturated/α-hetero) is 1. The van der Waals surface area contributed by atoms with E-state index in [2.05, 4.69) is 0 Å². The van der Waals surface area contributed by atoms with E-state index in [1.165, 1.54) is 13.8 Å². The molecule has 0 aliphatic rings. The van der Waals surface area contributed by atoms with Crippen LogP contribution in [0.25, 0.3) is 0 Å². The normalized spacial score (nSPS) is 5.56. The molecule has 0 aliphatic heterocycles. The third-order valence-electron chi connectivity index (χ3n) is 0. The zero-order valence-corrected chi connectivity index (χ0v) is 5.92. The van der Waals surface area contributed by atoms with Gasteiger partial charge in [-0.2, -0.15) is 0 Å². The van der Waals surface area contributed by atoms with Gasteiger partial charge in [0, 0.05) is 16.5 Å². The average molecular weight is 180 g/mol. The molecule has 0 aromatic heterocycles. The van der Waals surface area contributed by atoms with Gasteiger partial charge in [-0.25, -0.2) is 0 Å². The van der Waals surface area contributed by atoms with E-state index in [-0.39, 0.29) is 22.3 Å². The van der Waals surface area contributed by atoms with Crippen molar-refractivity contribution in [3.05, 3.63) is 10.1 Å². The van der Waals surface area contributed by atoms with Gasteiger partial charge in [-0.05, 0) is 13.8 Å². The van der Waals surface area contributed by atoms with Crippen LogP contribution in [0.2, 0.25) is 0 Å². The van der Waals surface area contributed by atoms with Crippen LogP contribution in [0, 0.1) is 10.1 Å². The number of nitrogens with zero attached hydrogens (tertiary/aromatic N) is 1. The minimum absolute atomic E-state index is 0. The summed E-state index contributed by atoms with van der Waals surface area (Å²) in [5.41, 5.74) is 0. The molecule has 0 fully saturated rings. The monoisotopic (exact) mass is 179 g/mol. The van der Waals surface area contributed by atoms with Crippen molar-refractivity contribution in [2.45, 2.75) is 13.8 Å². The van der Waals surface area contributed by atoms with Gasteiger partial charge in [0.2, 0.25) is 0 Å². The van der Waals surface area contributed by atoms with Crippen LogP contribution in [0.4, 0.5) is 0 Å². The van der Waals surface area contributed by atoms with Gasteiger partial charge in [0.15, 0.2) is 0 Å². The second kappa shape index (κ2) is 10.4. The Labute approximate surface area is 62.1 Å². The Morgan fingerprint density at radius 2 is 1.56 bits per heavy atom. The van der Waals surface area contributed by atoms with Gasteiger partial charge in [0.25, 0.3) is 5.09 Å². The smallest absolute Gasteiger partial charge is 0.291 e. The topological polar surface area (TPSA) is 80.4 Å². The standard InChI is InChI=1S/C3H6O.HNO3.Ni/c1-3(2)4;2-1(3)4;/h1-2H3;(H,2,3,4);. The summed E-state index contributed by atoms with van der Waals surface area (Å²) in [5.74, 6) is 0.167. The first-order chi connectivity index (χ1) is 3.46. The average Bonchev–Trinajstić information content (AvgIpc) is 1.25. The van der Waals surface area contributed by atoms with Gasteiger partial charge in [-0.15, -0.1) is 10.1 Å². The molecule has 0 heterocycles. The number of carbonyl (C=O) groups excluding carboxylic acids is 1. The molecule has 0 aromatic carbocycles. The Bertz CT molecular complexity index is 73.8. The van der Waals surface area contributed by atoms with Crippen LogP contribution in [0.5, 0.6) is 0 Å². The Balaban J connectivity index is -0.0000000720. The fourth-order valence-corrected chi connectivity index (χ4v) is 0. The predicted octanol–water partition coefficient (Wildman–Crippen LogP) is 0.245. The summed E-state index contributed by atoms with van der Waals surface area (Å²) in [5, 5.41) is 13.6. The van der Waals surface area contributed by atoms with Crippen molar-refractivity contribution in [3.63, 3.8) is 0 Å². The first-order valence-electron chi connectivity index (χ1n) is 1.77. The summed E-state index contributed by atoms with van der Waals surface area (Å²) in [6, 6.07) is 0. The first-order valence-corrected chi connectivity index (χ1v) is 1.77. The summed E-state index contributed by atoms with van der Waals surface area (Å²) in [4.78, 5) is 17.8. The van der Waals surface area contributed by atoms with Crippen molar-refractivity contribution in [2.75, 3.05) is 0 Å². The summed E-state index contributed by atoms with van der Waals surface area (Å²) in [6.45, 7) is 3.06. The first kappa shape index (κ1) is 15.8. The van der Waals surface area contributed by atoms with Crippen molar-refractivity contribution < 1.29 is 31.6 Å². The van der Waals surface area contributed by atoms with Gasteiger partial charge < -0.3 is 10.0 Å². The molecule has 1 N–H and O–H groups in total. The maximum absolute atomic E-state index is 9.44. The van der Waals surface area contributed by atoms with Crippen molar-refractivity contribution in [3.8, 4) is 0 Å². The molecular formula is C3H7NNiO4. The van der Waals surface area contributed by atoms with Crippen molar-refractivity contribution in [1.29, 1.82) is 0 Å². The zero-order valence-electron chi connectivity index (χ0n) is 4.94. The van der Waals surface area contributed by atoms with Crippen molar-refractivity contribution >= 4 is 5.78 Å². The van der Waals surface area contributed by atoms with Gasteiger partial charge in [-0.1, -0.05) is 0 Å². The molecule has 5 nitrogen and oxygen atoms in total. The number of carbonyl (C=O) groups is 1. The van der Waals surface area contributed by atoms with E-state index in [1.54, 1.807) is 0 Å². The van der Waals surface area contributed by atoms with E-state index < -0.39 is 5.09 Å². The number of rotatable bonds is 0. The summed E-state index contributed by atoms with van der Waals surface area (Å²) < 4.78 is 0. The number of ketones is 1. The quantitative estimate of drug-likeness (QED) is 0.328. The molecule has 9 heavy (non-hydrogen) atoms. The number of hydrogen-bond donors (Lipinski definition) is 1. The number of hydrogen-bond acceptors (Lipinski definition) is 3. The SMILES string of the molecule is CC(C)=O.O=[N+]([O-])O.[Ni]. The van der Waals surface area contributed by atoms with E-state index >= 15 is 0 Å². The van der Waals surface area contributed by atoms with Gasteiger partial charge in [0.05, 0.1) is 0 Å². The summed E-state index contributed by atoms with van der Waals surface area (Å²) in [6.07, 6.45) is 0. The summed E-state index contributed by atoms with van der Waals surface area (Å²) in [7, 11) is 0. The molecule has 0 aliphatic carbocycles. The van der Waals surface area contributed by atoms with Crippen LogP contribution in [0.1, 0.15) is 13.8 Å². The zero-order chi connectivity index (χ0) is 7.15. The molecule has 58 valence electrons. The van der Waals surface area contributed by atoms with Gasteiger partial charge >= 0.3 is 0 Å². The molecule has 6 heteroatoms. The molecule has 0 unspecified atom stereocenters. The van der Waals surface area contributed by atoms with Crippen molar-refractivity contribution in [2.24, 2.45) is 0 Å². The van der Waals surface area contributed by atoms with Gasteiger partial charge in [0.1, 0.15) is 5.78 Å². The second-order valence-corrected chi connectivity index (χ2v) is 1.15. The van der Waals surface area contributed by atoms with Crippen molar-refractivity contribution in [1.82, 2.24) is 0 Å². The molecule has 0 rings (SSSR count). The summed E-state index contributed by atoms with van der Waals surface area (Å²) >= 11 is 0. The van der Waals surface area contributed by atoms with E-state index in [4.69, 9.17) is 15.3 Å². The Hall–Kier alpha value is -0.636. The maximum atomic E-state index is 9.44. The van der Waals surface area contributed by atoms with Crippen LogP contribution in [-0.4, -0.2) is 16.1 Å². The molecule has 0 saturated carbocycles. The molecular weight excluding hydrogens is 173 g/mol. The van der Waals surface area contributed by atoms with E-state index in [1.807, 2.05) is 0 Å². The third kappa shape index (κ3) is 523. The molecule has 0 radical (unpaired) electrons. The van der Waals surface area contributed by atoms with Crippen LogP contribution < -0.4 is 0 Å². The van der Waals surface area contributed by atoms with E-state index in [0.29, 0.717) is 0 Å². The van der Waals surface area contributed by atoms with Crippen LogP contribution >= 0.6 is 0 Å². The second-order valence-electron chi connectivity index (χ2n) is 1.15. The third-order valence-corrected chi connectivity index (χ3v) is 0. The fourth-order valence-electron chi connectivity index (χ4n) is 0. The molecule has 0 aromatic rings. The minimum Gasteiger partial charge on any atom is -0.328 e. The Kier molecular flexibility index (Phi) is 18.2. The molecule has 0 bridgehead atoms. The predicted molar refractivity (Wildman–Crippen MR) is 25.1 cm³/mol. The Morgan fingerprint density at radius 1 is 1.56 bits per heavy atom. The molecule has 0 atom stereocenters. The fraction of sp³-hybridized carbons (Fsp3) is 0.667. The van der Waals surface area contributed by atoms with E-state index in [0.717, 1.165) is 0 Å².